The maximum Gasteiger partial charge on any atom is 0.417 e. The van der Waals surface area contributed by atoms with Crippen molar-refractivity contribution >= 4 is 11.6 Å². The Kier molecular flexibility index (Phi) is 6.31. The molecule has 0 radical (unpaired) electrons. The summed E-state index contributed by atoms with van der Waals surface area (Å²) in [6, 6.07) is 18.2. The highest BCUT2D eigenvalue weighted by Crippen LogP contribution is 2.57. The minimum atomic E-state index is -4.77. The summed E-state index contributed by atoms with van der Waals surface area (Å²) < 4.78 is 41.4. The van der Waals surface area contributed by atoms with E-state index in [4.69, 9.17) is 0 Å². The minimum Gasteiger partial charge on any atom is -0.380 e. The predicted octanol–water partition coefficient (Wildman–Crippen LogP) is 5.98. The third-order valence-electron chi connectivity index (χ3n) is 8.32. The highest BCUT2D eigenvalue weighted by molar-refractivity contribution is 6.04. The Hall–Kier alpha value is -3.32. The Morgan fingerprint density at radius 3 is 2.54 bits per heavy atom. The number of ketones is 2. The van der Waals surface area contributed by atoms with Gasteiger partial charge >= 0.3 is 6.18 Å². The number of pyridine rings is 1. The number of carbonyl (C=O) groups is 2. The van der Waals surface area contributed by atoms with Crippen molar-refractivity contribution < 1.29 is 27.9 Å². The lowest BCUT2D eigenvalue weighted by molar-refractivity contribution is -0.279. The molecule has 192 valence electrons. The highest BCUT2D eigenvalue weighted by Gasteiger charge is 2.62. The Morgan fingerprint density at radius 2 is 1.84 bits per heavy atom. The molecule has 0 saturated heterocycles. The molecule has 37 heavy (non-hydrogen) atoms. The molecule has 4 nitrogen and oxygen atoms in total. The van der Waals surface area contributed by atoms with Gasteiger partial charge in [0.15, 0.2) is 17.2 Å². The number of carbonyl (C=O) groups excluding carboxylic acids is 2. The molecule has 1 heterocycles. The molecule has 1 aromatic heterocycles. The van der Waals surface area contributed by atoms with E-state index in [1.807, 2.05) is 43.3 Å². The van der Waals surface area contributed by atoms with Crippen molar-refractivity contribution in [2.75, 3.05) is 0 Å². The van der Waals surface area contributed by atoms with Crippen molar-refractivity contribution in [3.63, 3.8) is 0 Å². The zero-order valence-electron chi connectivity index (χ0n) is 20.5. The van der Waals surface area contributed by atoms with Gasteiger partial charge in [-0.25, -0.2) is 0 Å². The summed E-state index contributed by atoms with van der Waals surface area (Å²) in [4.78, 5) is 30.6. The van der Waals surface area contributed by atoms with Gasteiger partial charge in [0, 0.05) is 41.3 Å². The van der Waals surface area contributed by atoms with Gasteiger partial charge in [-0.3, -0.25) is 14.6 Å². The number of aryl methyl sites for hydroxylation is 1. The quantitative estimate of drug-likeness (QED) is 0.432. The number of fused-ring (bicyclic) bond motifs is 3. The van der Waals surface area contributed by atoms with Crippen molar-refractivity contribution in [2.45, 2.75) is 62.6 Å². The molecular weight excluding hydrogens is 479 g/mol. The van der Waals surface area contributed by atoms with Crippen LogP contribution in [0.1, 0.15) is 68.8 Å². The third-order valence-corrected chi connectivity index (χ3v) is 8.32. The molecule has 3 aromatic rings. The van der Waals surface area contributed by atoms with Crippen LogP contribution in [0.3, 0.4) is 0 Å². The first kappa shape index (κ1) is 25.3. The normalized spacial score (nSPS) is 25.3. The summed E-state index contributed by atoms with van der Waals surface area (Å²) in [5.41, 5.74) is 0.430. The van der Waals surface area contributed by atoms with Gasteiger partial charge in [-0.2, -0.15) is 13.2 Å². The molecule has 5 rings (SSSR count). The van der Waals surface area contributed by atoms with Crippen molar-refractivity contribution in [1.29, 1.82) is 0 Å². The standard InChI is InChI=1S/C30H28F3NO3/c1-19-21(8-5-13-34-19)15-26(35)22-9-10-25-24(14-22)27(36)16-23-18-29(37,30(31,32)33)12-11-28(23,25)17-20-6-3-2-4-7-20/h2-10,13-14,23,37H,11-12,15-18H2,1H3/t23-,28-,29?/m0/s1. The monoisotopic (exact) mass is 507 g/mol. The zero-order valence-corrected chi connectivity index (χ0v) is 20.5. The number of nitrogens with zero attached hydrogens (tertiary/aromatic N) is 1. The first-order valence-electron chi connectivity index (χ1n) is 12.5. The smallest absolute Gasteiger partial charge is 0.380 e. The molecule has 0 bridgehead atoms. The van der Waals surface area contributed by atoms with Crippen LogP contribution in [-0.2, 0) is 18.3 Å². The summed E-state index contributed by atoms with van der Waals surface area (Å²) in [6.07, 6.45) is -3.48. The van der Waals surface area contributed by atoms with Crippen LogP contribution in [-0.4, -0.2) is 33.4 Å². The van der Waals surface area contributed by atoms with Gasteiger partial charge in [0.1, 0.15) is 0 Å². The van der Waals surface area contributed by atoms with E-state index in [2.05, 4.69) is 4.98 Å². The molecule has 0 amide bonds. The van der Waals surface area contributed by atoms with Gasteiger partial charge in [0.2, 0.25) is 0 Å². The van der Waals surface area contributed by atoms with Gasteiger partial charge < -0.3 is 5.11 Å². The number of rotatable bonds is 5. The van der Waals surface area contributed by atoms with Gasteiger partial charge in [0.25, 0.3) is 0 Å². The van der Waals surface area contributed by atoms with Crippen LogP contribution in [0.25, 0.3) is 0 Å². The Bertz CT molecular complexity index is 1350. The Morgan fingerprint density at radius 1 is 1.08 bits per heavy atom. The van der Waals surface area contributed by atoms with Crippen LogP contribution >= 0.6 is 0 Å². The van der Waals surface area contributed by atoms with E-state index >= 15 is 0 Å². The molecule has 0 aliphatic heterocycles. The molecule has 1 fully saturated rings. The van der Waals surface area contributed by atoms with Crippen molar-refractivity contribution in [3.8, 4) is 0 Å². The first-order chi connectivity index (χ1) is 17.5. The van der Waals surface area contributed by atoms with Gasteiger partial charge in [-0.1, -0.05) is 48.5 Å². The van der Waals surface area contributed by atoms with Crippen LogP contribution in [0.2, 0.25) is 0 Å². The lowest BCUT2D eigenvalue weighted by Crippen LogP contribution is -2.57. The number of halogens is 3. The fourth-order valence-electron chi connectivity index (χ4n) is 6.20. The summed E-state index contributed by atoms with van der Waals surface area (Å²) in [7, 11) is 0. The Balaban J connectivity index is 1.55. The number of alkyl halides is 3. The second-order valence-corrected chi connectivity index (χ2v) is 10.5. The largest absolute Gasteiger partial charge is 0.417 e. The molecule has 7 heteroatoms. The van der Waals surface area contributed by atoms with Crippen LogP contribution < -0.4 is 0 Å². The molecule has 3 atom stereocenters. The second-order valence-electron chi connectivity index (χ2n) is 10.5. The van der Waals surface area contributed by atoms with Gasteiger partial charge in [-0.15, -0.1) is 0 Å². The number of hydrogen-bond acceptors (Lipinski definition) is 4. The van der Waals surface area contributed by atoms with Crippen LogP contribution in [0.4, 0.5) is 13.2 Å². The van der Waals surface area contributed by atoms with Crippen molar-refractivity contribution in [2.24, 2.45) is 5.92 Å². The zero-order chi connectivity index (χ0) is 26.4. The van der Waals surface area contributed by atoms with E-state index in [1.165, 1.54) is 0 Å². The number of hydrogen-bond donors (Lipinski definition) is 1. The molecule has 1 unspecified atom stereocenters. The third kappa shape index (κ3) is 4.50. The molecule has 0 spiro atoms. The lowest BCUT2D eigenvalue weighted by atomic mass is 9.52. The Labute approximate surface area is 213 Å². The van der Waals surface area contributed by atoms with Gasteiger partial charge in [-0.05, 0) is 67.3 Å². The van der Waals surface area contributed by atoms with Crippen molar-refractivity contribution in [3.05, 3.63) is 100 Å². The average Bonchev–Trinajstić information content (AvgIpc) is 2.86. The predicted molar refractivity (Wildman–Crippen MR) is 133 cm³/mol. The highest BCUT2D eigenvalue weighted by atomic mass is 19.4. The van der Waals surface area contributed by atoms with Crippen molar-refractivity contribution in [1.82, 2.24) is 4.98 Å². The number of aromatic nitrogens is 1. The lowest BCUT2D eigenvalue weighted by Gasteiger charge is -2.53. The molecule has 2 aliphatic rings. The van der Waals surface area contributed by atoms with E-state index < -0.39 is 36.0 Å². The molecule has 2 aromatic carbocycles. The maximum absolute atomic E-state index is 13.8. The summed E-state index contributed by atoms with van der Waals surface area (Å²) in [5, 5.41) is 10.6. The van der Waals surface area contributed by atoms with Crippen LogP contribution in [0.15, 0.2) is 66.9 Å². The number of benzene rings is 2. The molecule has 1 saturated carbocycles. The first-order valence-corrected chi connectivity index (χ1v) is 12.5. The second kappa shape index (κ2) is 9.21. The fourth-order valence-corrected chi connectivity index (χ4v) is 6.20. The summed E-state index contributed by atoms with van der Waals surface area (Å²) in [5.74, 6) is -1.11. The minimum absolute atomic E-state index is 0.0883. The summed E-state index contributed by atoms with van der Waals surface area (Å²) in [6.45, 7) is 1.83. The average molecular weight is 508 g/mol. The van der Waals surface area contributed by atoms with E-state index in [9.17, 15) is 27.9 Å². The molecular formula is C30H28F3NO3. The molecule has 2 aliphatic carbocycles. The number of aliphatic hydroxyl groups is 1. The number of Topliss-reactive ketones (excluding diaryl/α,β-unsaturated/α-hetero) is 2. The topological polar surface area (TPSA) is 67.3 Å². The van der Waals surface area contributed by atoms with E-state index in [0.717, 1.165) is 16.8 Å². The maximum atomic E-state index is 13.8. The van der Waals surface area contributed by atoms with Crippen LogP contribution in [0.5, 0.6) is 0 Å². The van der Waals surface area contributed by atoms with E-state index in [-0.39, 0.29) is 30.8 Å². The van der Waals surface area contributed by atoms with E-state index in [1.54, 1.807) is 30.5 Å². The van der Waals surface area contributed by atoms with E-state index in [0.29, 0.717) is 23.1 Å². The fraction of sp³-hybridized carbons (Fsp3) is 0.367. The summed E-state index contributed by atoms with van der Waals surface area (Å²) >= 11 is 0. The van der Waals surface area contributed by atoms with Crippen LogP contribution in [0, 0.1) is 12.8 Å². The molecule has 1 N–H and O–H groups in total. The van der Waals surface area contributed by atoms with Gasteiger partial charge in [0.05, 0.1) is 0 Å². The SMILES string of the molecule is Cc1ncccc1CC(=O)c1ccc2c(c1)C(=O)C[C@H]1CC(O)(C(F)(F)F)CC[C@@]21Cc1ccccc1.